The molecule has 0 aliphatic heterocycles. The number of aromatic hydroxyl groups is 1. The van der Waals surface area contributed by atoms with E-state index in [1.54, 1.807) is 25.4 Å². The number of hydrogen-bond donors (Lipinski definition) is 3. The molecule has 0 radical (unpaired) electrons. The first-order chi connectivity index (χ1) is 12.1. The number of phenols is 1. The van der Waals surface area contributed by atoms with Crippen LogP contribution < -0.4 is 15.2 Å². The molecule has 0 aliphatic carbocycles. The number of nitrogens with one attached hydrogen (secondary N) is 1. The zero-order valence-corrected chi connectivity index (χ0v) is 13.5. The van der Waals surface area contributed by atoms with E-state index < -0.39 is 5.91 Å². The second-order valence-electron chi connectivity index (χ2n) is 5.32. The average molecular weight is 339 g/mol. The van der Waals surface area contributed by atoms with Crippen LogP contribution in [0.25, 0.3) is 22.4 Å². The second kappa shape index (κ2) is 6.96. The smallest absolute Gasteiger partial charge is 0.255 e. The van der Waals surface area contributed by atoms with E-state index in [9.17, 15) is 9.90 Å². The van der Waals surface area contributed by atoms with E-state index in [4.69, 9.17) is 15.2 Å². The number of carbonyl (C=O) groups excluding carboxylic acids is 1. The van der Waals surface area contributed by atoms with Gasteiger partial charge >= 0.3 is 0 Å². The fraction of sp³-hybridized carbons (Fsp3) is 0.111. The van der Waals surface area contributed by atoms with Gasteiger partial charge < -0.3 is 20.3 Å². The van der Waals surface area contributed by atoms with Gasteiger partial charge in [-0.2, -0.15) is 5.10 Å². The van der Waals surface area contributed by atoms with E-state index in [0.29, 0.717) is 22.6 Å². The van der Waals surface area contributed by atoms with Crippen LogP contribution in [0.4, 0.5) is 0 Å². The van der Waals surface area contributed by atoms with Crippen LogP contribution in [0, 0.1) is 0 Å². The number of hydrogen-bond acceptors (Lipinski definition) is 5. The van der Waals surface area contributed by atoms with Crippen molar-refractivity contribution in [3.05, 3.63) is 48.7 Å². The highest BCUT2D eigenvalue weighted by Crippen LogP contribution is 2.38. The summed E-state index contributed by atoms with van der Waals surface area (Å²) in [4.78, 5) is 10.9. The van der Waals surface area contributed by atoms with Gasteiger partial charge in [-0.25, -0.2) is 0 Å². The third kappa shape index (κ3) is 3.55. The molecule has 3 aromatic rings. The highest BCUT2D eigenvalue weighted by atomic mass is 16.5. The van der Waals surface area contributed by atoms with Crippen molar-refractivity contribution in [1.82, 2.24) is 10.2 Å². The minimum absolute atomic E-state index is 0.0666. The minimum Gasteiger partial charge on any atom is -0.507 e. The molecule has 1 amide bonds. The molecule has 0 saturated heterocycles. The Hall–Kier alpha value is -3.48. The summed E-state index contributed by atoms with van der Waals surface area (Å²) in [6, 6.07) is 12.2. The SMILES string of the molecule is COc1cccc(-c2[nH]ncc2-c2cc(OCC(N)=O)ccc2O)c1. The van der Waals surface area contributed by atoms with Gasteiger partial charge in [0.2, 0.25) is 0 Å². The Bertz CT molecular complexity index is 905. The Balaban J connectivity index is 2.01. The molecule has 0 atom stereocenters. The third-order valence-corrected chi connectivity index (χ3v) is 3.64. The maximum Gasteiger partial charge on any atom is 0.255 e. The Kier molecular flexibility index (Phi) is 4.56. The number of nitrogens with two attached hydrogens (primary N) is 1. The molecule has 0 aliphatic rings. The molecule has 0 spiro atoms. The van der Waals surface area contributed by atoms with E-state index in [1.165, 1.54) is 6.07 Å². The van der Waals surface area contributed by atoms with E-state index >= 15 is 0 Å². The van der Waals surface area contributed by atoms with Crippen molar-refractivity contribution in [2.24, 2.45) is 5.73 Å². The van der Waals surface area contributed by atoms with Crippen molar-refractivity contribution in [2.75, 3.05) is 13.7 Å². The van der Waals surface area contributed by atoms with Crippen molar-refractivity contribution in [3.63, 3.8) is 0 Å². The summed E-state index contributed by atoms with van der Waals surface area (Å²) >= 11 is 0. The van der Waals surface area contributed by atoms with E-state index in [-0.39, 0.29) is 12.4 Å². The number of nitrogens with zero attached hydrogens (tertiary/aromatic N) is 1. The second-order valence-corrected chi connectivity index (χ2v) is 5.32. The third-order valence-electron chi connectivity index (χ3n) is 3.64. The fourth-order valence-electron chi connectivity index (χ4n) is 2.46. The maximum absolute atomic E-state index is 10.9. The lowest BCUT2D eigenvalue weighted by Crippen LogP contribution is -2.19. The molecule has 2 aromatic carbocycles. The molecule has 128 valence electrons. The predicted molar refractivity (Wildman–Crippen MR) is 92.4 cm³/mol. The Morgan fingerprint density at radius 3 is 2.80 bits per heavy atom. The molecule has 0 saturated carbocycles. The maximum atomic E-state index is 10.9. The Morgan fingerprint density at radius 1 is 1.20 bits per heavy atom. The lowest BCUT2D eigenvalue weighted by Gasteiger charge is -2.10. The van der Waals surface area contributed by atoms with E-state index in [1.807, 2.05) is 24.3 Å². The van der Waals surface area contributed by atoms with Gasteiger partial charge in [-0.05, 0) is 30.3 Å². The van der Waals surface area contributed by atoms with Crippen LogP contribution in [0.3, 0.4) is 0 Å². The number of benzene rings is 2. The lowest BCUT2D eigenvalue weighted by molar-refractivity contribution is -0.119. The van der Waals surface area contributed by atoms with Crippen molar-refractivity contribution < 1.29 is 19.4 Å². The predicted octanol–water partition coefficient (Wildman–Crippen LogP) is 2.32. The van der Waals surface area contributed by atoms with Gasteiger partial charge in [-0.3, -0.25) is 9.89 Å². The van der Waals surface area contributed by atoms with Gasteiger partial charge in [0.25, 0.3) is 5.91 Å². The van der Waals surface area contributed by atoms with Crippen LogP contribution in [-0.4, -0.2) is 34.9 Å². The fourth-order valence-corrected chi connectivity index (χ4v) is 2.46. The molecular weight excluding hydrogens is 322 g/mol. The van der Waals surface area contributed by atoms with Gasteiger partial charge in [0.05, 0.1) is 19.0 Å². The molecule has 7 nitrogen and oxygen atoms in total. The topological polar surface area (TPSA) is 110 Å². The molecule has 0 bridgehead atoms. The minimum atomic E-state index is -0.574. The molecule has 0 fully saturated rings. The highest BCUT2D eigenvalue weighted by Gasteiger charge is 2.15. The molecular formula is C18H17N3O4. The Morgan fingerprint density at radius 2 is 2.04 bits per heavy atom. The standard InChI is InChI=1S/C18H17N3O4/c1-24-12-4-2-3-11(7-12)18-15(9-20-21-18)14-8-13(5-6-16(14)22)25-10-17(19)23/h2-9,22H,10H2,1H3,(H2,19,23)(H,20,21). The normalized spacial score (nSPS) is 10.4. The van der Waals surface area contributed by atoms with Gasteiger partial charge in [0.15, 0.2) is 6.61 Å². The molecule has 1 heterocycles. The van der Waals surface area contributed by atoms with Crippen molar-refractivity contribution in [1.29, 1.82) is 0 Å². The number of methoxy groups -OCH3 is 1. The van der Waals surface area contributed by atoms with Crippen LogP contribution in [0.2, 0.25) is 0 Å². The summed E-state index contributed by atoms with van der Waals surface area (Å²) in [5.41, 5.74) is 7.88. The molecule has 7 heteroatoms. The van der Waals surface area contributed by atoms with Crippen LogP contribution >= 0.6 is 0 Å². The van der Waals surface area contributed by atoms with Gasteiger partial charge in [0.1, 0.15) is 17.2 Å². The van der Waals surface area contributed by atoms with Crippen LogP contribution in [0.1, 0.15) is 0 Å². The number of aromatic nitrogens is 2. The zero-order chi connectivity index (χ0) is 17.8. The number of primary amides is 1. The van der Waals surface area contributed by atoms with Crippen molar-refractivity contribution in [3.8, 4) is 39.6 Å². The Labute approximate surface area is 144 Å². The highest BCUT2D eigenvalue weighted by molar-refractivity contribution is 5.84. The first-order valence-corrected chi connectivity index (χ1v) is 7.51. The number of amides is 1. The van der Waals surface area contributed by atoms with Crippen LogP contribution in [-0.2, 0) is 4.79 Å². The monoisotopic (exact) mass is 339 g/mol. The summed E-state index contributed by atoms with van der Waals surface area (Å²) in [6.07, 6.45) is 1.61. The lowest BCUT2D eigenvalue weighted by atomic mass is 10.0. The molecule has 4 N–H and O–H groups in total. The largest absolute Gasteiger partial charge is 0.507 e. The summed E-state index contributed by atoms with van der Waals surface area (Å²) in [7, 11) is 1.60. The van der Waals surface area contributed by atoms with Gasteiger partial charge in [0, 0.05) is 16.7 Å². The summed E-state index contributed by atoms with van der Waals surface area (Å²) in [6.45, 7) is -0.238. The van der Waals surface area contributed by atoms with Crippen molar-refractivity contribution in [2.45, 2.75) is 0 Å². The zero-order valence-electron chi connectivity index (χ0n) is 13.5. The average Bonchev–Trinajstić information content (AvgIpc) is 3.10. The number of phenolic OH excluding ortho intramolecular Hbond substituents is 1. The molecule has 3 rings (SSSR count). The molecule has 25 heavy (non-hydrogen) atoms. The number of rotatable bonds is 6. The molecule has 0 unspecified atom stereocenters. The summed E-state index contributed by atoms with van der Waals surface area (Å²) in [5, 5.41) is 17.3. The summed E-state index contributed by atoms with van der Waals surface area (Å²) < 4.78 is 10.6. The number of carbonyl (C=O) groups is 1. The van der Waals surface area contributed by atoms with Gasteiger partial charge in [-0.1, -0.05) is 12.1 Å². The molecule has 1 aromatic heterocycles. The quantitative estimate of drug-likeness (QED) is 0.638. The first-order valence-electron chi connectivity index (χ1n) is 7.51. The summed E-state index contributed by atoms with van der Waals surface area (Å²) in [5.74, 6) is 0.622. The van der Waals surface area contributed by atoms with Crippen LogP contribution in [0.15, 0.2) is 48.7 Å². The van der Waals surface area contributed by atoms with E-state index in [2.05, 4.69) is 10.2 Å². The van der Waals surface area contributed by atoms with Gasteiger partial charge in [-0.15, -0.1) is 0 Å². The van der Waals surface area contributed by atoms with Crippen molar-refractivity contribution >= 4 is 5.91 Å². The number of aromatic amines is 1. The number of H-pyrrole nitrogens is 1. The number of ether oxygens (including phenoxy) is 2. The first kappa shape index (κ1) is 16.4. The van der Waals surface area contributed by atoms with Crippen LogP contribution in [0.5, 0.6) is 17.2 Å². The van der Waals surface area contributed by atoms with E-state index in [0.717, 1.165) is 11.3 Å².